The van der Waals surface area contributed by atoms with Gasteiger partial charge >= 0.3 is 0 Å². The second-order valence-electron chi connectivity index (χ2n) is 6.66. The van der Waals surface area contributed by atoms with E-state index in [0.717, 1.165) is 4.90 Å². The summed E-state index contributed by atoms with van der Waals surface area (Å²) in [5.41, 5.74) is 2.10. The van der Waals surface area contributed by atoms with Crippen molar-refractivity contribution in [1.29, 1.82) is 0 Å². The second-order valence-corrected chi connectivity index (χ2v) is 6.66. The van der Waals surface area contributed by atoms with E-state index in [0.29, 0.717) is 16.9 Å². The van der Waals surface area contributed by atoms with Gasteiger partial charge in [0, 0.05) is 36.4 Å². The molecule has 1 aliphatic heterocycles. The van der Waals surface area contributed by atoms with E-state index in [1.54, 1.807) is 42.6 Å². The maximum absolute atomic E-state index is 12.6. The zero-order valence-electron chi connectivity index (χ0n) is 15.9. The maximum Gasteiger partial charge on any atom is 0.261 e. The summed E-state index contributed by atoms with van der Waals surface area (Å²) >= 11 is 0. The molecule has 0 spiro atoms. The SMILES string of the molecule is CN1C(=O)c2ccc(C(=O)Nc3cccc(NC(=O)c4cccnc4)c3)cc2C1=O. The van der Waals surface area contributed by atoms with Crippen LogP contribution in [0, 0.1) is 0 Å². The first-order valence-electron chi connectivity index (χ1n) is 9.03. The molecule has 8 heteroatoms. The summed E-state index contributed by atoms with van der Waals surface area (Å²) in [4.78, 5) is 53.9. The lowest BCUT2D eigenvalue weighted by molar-refractivity contribution is 0.0692. The van der Waals surface area contributed by atoms with Crippen LogP contribution in [0.3, 0.4) is 0 Å². The predicted molar refractivity (Wildman–Crippen MR) is 109 cm³/mol. The van der Waals surface area contributed by atoms with E-state index in [1.807, 2.05) is 0 Å². The third kappa shape index (κ3) is 3.53. The molecule has 2 heterocycles. The molecule has 1 aromatic heterocycles. The van der Waals surface area contributed by atoms with Gasteiger partial charge in [-0.05, 0) is 48.5 Å². The fourth-order valence-corrected chi connectivity index (χ4v) is 3.08. The van der Waals surface area contributed by atoms with E-state index in [4.69, 9.17) is 0 Å². The van der Waals surface area contributed by atoms with Crippen molar-refractivity contribution < 1.29 is 19.2 Å². The minimum atomic E-state index is -0.441. The molecule has 2 N–H and O–H groups in total. The van der Waals surface area contributed by atoms with Crippen LogP contribution in [0.25, 0.3) is 0 Å². The normalized spacial score (nSPS) is 12.5. The Morgan fingerprint density at radius 3 is 2.13 bits per heavy atom. The van der Waals surface area contributed by atoms with Crippen LogP contribution in [0.1, 0.15) is 41.4 Å². The summed E-state index contributed by atoms with van der Waals surface area (Å²) in [5, 5.41) is 5.47. The Balaban J connectivity index is 1.50. The quantitative estimate of drug-likeness (QED) is 0.655. The number of nitrogens with zero attached hydrogens (tertiary/aromatic N) is 2. The van der Waals surface area contributed by atoms with E-state index in [2.05, 4.69) is 15.6 Å². The Labute approximate surface area is 171 Å². The fourth-order valence-electron chi connectivity index (χ4n) is 3.08. The molecule has 0 saturated heterocycles. The van der Waals surface area contributed by atoms with Crippen LogP contribution in [-0.2, 0) is 0 Å². The molecule has 8 nitrogen and oxygen atoms in total. The summed E-state index contributed by atoms with van der Waals surface area (Å²) < 4.78 is 0. The summed E-state index contributed by atoms with van der Waals surface area (Å²) in [7, 11) is 1.40. The average Bonchev–Trinajstić information content (AvgIpc) is 2.98. The lowest BCUT2D eigenvalue weighted by Crippen LogP contribution is -2.24. The summed E-state index contributed by atoms with van der Waals surface area (Å²) in [5.74, 6) is -1.59. The number of hydrogen-bond acceptors (Lipinski definition) is 5. The lowest BCUT2D eigenvalue weighted by Gasteiger charge is -2.09. The molecular weight excluding hydrogens is 384 g/mol. The maximum atomic E-state index is 12.6. The monoisotopic (exact) mass is 400 g/mol. The molecule has 2 aromatic carbocycles. The van der Waals surface area contributed by atoms with E-state index < -0.39 is 11.8 Å². The largest absolute Gasteiger partial charge is 0.322 e. The fraction of sp³-hybridized carbons (Fsp3) is 0.0455. The zero-order chi connectivity index (χ0) is 21.3. The van der Waals surface area contributed by atoms with E-state index >= 15 is 0 Å². The molecule has 30 heavy (non-hydrogen) atoms. The number of rotatable bonds is 4. The Morgan fingerprint density at radius 1 is 0.800 bits per heavy atom. The minimum absolute atomic E-state index is 0.202. The van der Waals surface area contributed by atoms with Crippen LogP contribution < -0.4 is 10.6 Å². The molecule has 0 radical (unpaired) electrons. The lowest BCUT2D eigenvalue weighted by atomic mass is 10.1. The van der Waals surface area contributed by atoms with Crippen molar-refractivity contribution in [2.75, 3.05) is 17.7 Å². The summed E-state index contributed by atoms with van der Waals surface area (Å²) in [6.07, 6.45) is 3.03. The number of carbonyl (C=O) groups is 4. The van der Waals surface area contributed by atoms with Gasteiger partial charge in [0.05, 0.1) is 16.7 Å². The Bertz CT molecular complexity index is 1190. The number of carbonyl (C=O) groups excluding carboxylic acids is 4. The number of fused-ring (bicyclic) bond motifs is 1. The highest BCUT2D eigenvalue weighted by Gasteiger charge is 2.33. The zero-order valence-corrected chi connectivity index (χ0v) is 15.9. The van der Waals surface area contributed by atoms with Crippen molar-refractivity contribution in [2.24, 2.45) is 0 Å². The third-order valence-electron chi connectivity index (χ3n) is 4.65. The Morgan fingerprint density at radius 2 is 1.47 bits per heavy atom. The molecule has 3 aromatic rings. The molecule has 0 aliphatic carbocycles. The van der Waals surface area contributed by atoms with Gasteiger partial charge in [-0.25, -0.2) is 0 Å². The number of benzene rings is 2. The number of imide groups is 1. The molecule has 0 saturated carbocycles. The average molecular weight is 400 g/mol. The van der Waals surface area contributed by atoms with Gasteiger partial charge in [-0.1, -0.05) is 6.07 Å². The van der Waals surface area contributed by atoms with E-state index in [1.165, 1.54) is 31.4 Å². The first kappa shape index (κ1) is 19.0. The standard InChI is InChI=1S/C22H16N4O4/c1-26-21(29)17-8-7-13(10-18(17)22(26)30)19(27)24-15-5-2-6-16(11-15)25-20(28)14-4-3-9-23-12-14/h2-12H,1H3,(H,24,27)(H,25,28). The molecule has 0 unspecified atom stereocenters. The number of pyridine rings is 1. The molecule has 148 valence electrons. The van der Waals surface area contributed by atoms with Gasteiger partial charge in [-0.3, -0.25) is 29.1 Å². The second kappa shape index (κ2) is 7.59. The van der Waals surface area contributed by atoms with Crippen molar-refractivity contribution in [2.45, 2.75) is 0 Å². The van der Waals surface area contributed by atoms with Crippen LogP contribution >= 0.6 is 0 Å². The molecular formula is C22H16N4O4. The van der Waals surface area contributed by atoms with Crippen molar-refractivity contribution >= 4 is 35.0 Å². The summed E-state index contributed by atoms with van der Waals surface area (Å²) in [6.45, 7) is 0. The summed E-state index contributed by atoms with van der Waals surface area (Å²) in [6, 6.07) is 14.3. The van der Waals surface area contributed by atoms with Crippen molar-refractivity contribution in [3.05, 3.63) is 89.2 Å². The van der Waals surface area contributed by atoms with Gasteiger partial charge in [0.15, 0.2) is 0 Å². The number of aromatic nitrogens is 1. The van der Waals surface area contributed by atoms with Gasteiger partial charge in [-0.15, -0.1) is 0 Å². The Kier molecular flexibility index (Phi) is 4.81. The number of hydrogen-bond donors (Lipinski definition) is 2. The Hall–Kier alpha value is -4.33. The molecule has 1 aliphatic rings. The van der Waals surface area contributed by atoms with Crippen LogP contribution in [0.4, 0.5) is 11.4 Å². The highest BCUT2D eigenvalue weighted by atomic mass is 16.2. The van der Waals surface area contributed by atoms with Crippen LogP contribution in [-0.4, -0.2) is 40.6 Å². The van der Waals surface area contributed by atoms with Crippen LogP contribution in [0.15, 0.2) is 67.0 Å². The first-order valence-corrected chi connectivity index (χ1v) is 9.03. The highest BCUT2D eigenvalue weighted by Crippen LogP contribution is 2.23. The topological polar surface area (TPSA) is 108 Å². The smallest absolute Gasteiger partial charge is 0.261 e. The number of amides is 4. The molecule has 0 atom stereocenters. The van der Waals surface area contributed by atoms with Gasteiger partial charge < -0.3 is 10.6 Å². The minimum Gasteiger partial charge on any atom is -0.322 e. The highest BCUT2D eigenvalue weighted by molar-refractivity contribution is 6.22. The number of nitrogens with one attached hydrogen (secondary N) is 2. The van der Waals surface area contributed by atoms with Crippen molar-refractivity contribution in [3.8, 4) is 0 Å². The van der Waals surface area contributed by atoms with Gasteiger partial charge in [0.1, 0.15) is 0 Å². The van der Waals surface area contributed by atoms with Crippen molar-refractivity contribution in [1.82, 2.24) is 9.88 Å². The van der Waals surface area contributed by atoms with Gasteiger partial charge in [0.2, 0.25) is 0 Å². The van der Waals surface area contributed by atoms with Gasteiger partial charge in [-0.2, -0.15) is 0 Å². The van der Waals surface area contributed by atoms with E-state index in [9.17, 15) is 19.2 Å². The molecule has 4 amide bonds. The van der Waals surface area contributed by atoms with Gasteiger partial charge in [0.25, 0.3) is 23.6 Å². The number of anilines is 2. The van der Waals surface area contributed by atoms with E-state index in [-0.39, 0.29) is 28.5 Å². The molecule has 4 rings (SSSR count). The molecule has 0 fully saturated rings. The predicted octanol–water partition coefficient (Wildman–Crippen LogP) is 2.81. The molecule has 0 bridgehead atoms. The van der Waals surface area contributed by atoms with Crippen LogP contribution in [0.2, 0.25) is 0 Å². The van der Waals surface area contributed by atoms with Crippen molar-refractivity contribution in [3.63, 3.8) is 0 Å². The third-order valence-corrected chi connectivity index (χ3v) is 4.65. The van der Waals surface area contributed by atoms with Crippen LogP contribution in [0.5, 0.6) is 0 Å². The first-order chi connectivity index (χ1) is 14.4.